The molecule has 8 heteroatoms. The number of nitrogens with zero attached hydrogens (tertiary/aromatic N) is 2. The molecule has 0 aromatic heterocycles. The molecule has 0 aliphatic rings. The van der Waals surface area contributed by atoms with Crippen molar-refractivity contribution >= 4 is 32.2 Å². The quantitative estimate of drug-likeness (QED) is 0.254. The van der Waals surface area contributed by atoms with Gasteiger partial charge in [-0.25, -0.2) is 9.59 Å². The second-order valence-electron chi connectivity index (χ2n) is 0.867. The molecule has 0 atom stereocenters. The Morgan fingerprint density at radius 3 is 2.20 bits per heavy atom. The van der Waals surface area contributed by atoms with Gasteiger partial charge in [0.05, 0.1) is 0 Å². The fourth-order valence-electron chi connectivity index (χ4n) is 0.125. The van der Waals surface area contributed by atoms with Crippen LogP contribution in [-0.2, 0) is 18.6 Å². The molecule has 54 valence electrons. The van der Waals surface area contributed by atoms with Crippen LogP contribution in [0, 0.1) is 0 Å². The molecule has 0 unspecified atom stereocenters. The monoisotopic (exact) mass is 180 g/mol. The first-order chi connectivity index (χ1) is 4.62. The molecule has 0 aromatic rings. The molecule has 0 spiro atoms. The van der Waals surface area contributed by atoms with Crippen molar-refractivity contribution < 1.29 is 18.0 Å². The van der Waals surface area contributed by atoms with Crippen molar-refractivity contribution in [3.63, 3.8) is 0 Å². The van der Waals surface area contributed by atoms with Gasteiger partial charge in [0.1, 0.15) is 11.0 Å². The highest BCUT2D eigenvalue weighted by atomic mass is 33.1. The molecule has 0 fully saturated rings. The van der Waals surface area contributed by atoms with Gasteiger partial charge in [-0.3, -0.25) is 0 Å². The summed E-state index contributed by atoms with van der Waals surface area (Å²) in [7, 11) is -4.16. The molecule has 0 saturated carbocycles. The van der Waals surface area contributed by atoms with Crippen molar-refractivity contribution in [2.75, 3.05) is 0 Å². The van der Waals surface area contributed by atoms with Gasteiger partial charge in [0.2, 0.25) is 6.08 Å². The molecule has 0 rings (SSSR count). The molecule has 0 aromatic carbocycles. The van der Waals surface area contributed by atoms with Gasteiger partial charge < -0.3 is 0 Å². The van der Waals surface area contributed by atoms with E-state index < -0.39 is 9.06 Å². The van der Waals surface area contributed by atoms with Crippen LogP contribution in [0.5, 0.6) is 0 Å². The Morgan fingerprint density at radius 2 is 1.80 bits per heavy atom. The summed E-state index contributed by atoms with van der Waals surface area (Å²) < 4.78 is 25.5. The Hall–Kier alpha value is -0.940. The van der Waals surface area contributed by atoms with Crippen LogP contribution >= 0.6 is 11.0 Å². The third-order valence-corrected chi connectivity index (χ3v) is 1.97. The number of hydrogen-bond donors (Lipinski definition) is 0. The van der Waals surface area contributed by atoms with Crippen molar-refractivity contribution in [1.29, 1.82) is 0 Å². The van der Waals surface area contributed by atoms with Gasteiger partial charge >= 0.3 is 9.06 Å². The van der Waals surface area contributed by atoms with E-state index in [-0.39, 0.29) is 11.0 Å². The SMILES string of the molecule is O=C=NSS(=O)(=O)N=C=O. The second-order valence-corrected chi connectivity index (χ2v) is 3.95. The molecular formula is C2N2O4S2. The van der Waals surface area contributed by atoms with Gasteiger partial charge in [-0.1, -0.05) is 4.40 Å². The lowest BCUT2D eigenvalue weighted by atomic mass is 11.7. The molecule has 10 heavy (non-hydrogen) atoms. The summed E-state index contributed by atoms with van der Waals surface area (Å²) >= 11 is 0. The molecule has 0 aliphatic carbocycles. The highest BCUT2D eigenvalue weighted by Gasteiger charge is 2.06. The van der Waals surface area contributed by atoms with E-state index in [4.69, 9.17) is 0 Å². The van der Waals surface area contributed by atoms with E-state index >= 15 is 0 Å². The minimum Gasteiger partial charge on any atom is -0.210 e. The van der Waals surface area contributed by atoms with Gasteiger partial charge in [0.15, 0.2) is 0 Å². The molecular weight excluding hydrogens is 180 g/mol. The molecule has 0 saturated heterocycles. The van der Waals surface area contributed by atoms with Crippen LogP contribution in [0.2, 0.25) is 0 Å². The zero-order chi connectivity index (χ0) is 8.04. The largest absolute Gasteiger partial charge is 0.339 e. The minimum absolute atomic E-state index is 0.152. The summed E-state index contributed by atoms with van der Waals surface area (Å²) in [6, 6.07) is 0. The average Bonchev–Trinajstić information content (AvgIpc) is 1.84. The maximum atomic E-state index is 10.3. The first-order valence-corrected chi connectivity index (χ1v) is 4.45. The Morgan fingerprint density at radius 1 is 1.20 bits per heavy atom. The Bertz CT molecular complexity index is 293. The van der Waals surface area contributed by atoms with Crippen molar-refractivity contribution in [2.45, 2.75) is 0 Å². The van der Waals surface area contributed by atoms with Gasteiger partial charge in [0, 0.05) is 0 Å². The molecule has 0 aliphatic heterocycles. The van der Waals surface area contributed by atoms with E-state index in [0.29, 0.717) is 0 Å². The van der Waals surface area contributed by atoms with Gasteiger partial charge in [-0.15, -0.1) is 4.40 Å². The van der Waals surface area contributed by atoms with Crippen LogP contribution in [0.3, 0.4) is 0 Å². The van der Waals surface area contributed by atoms with Gasteiger partial charge in [0.25, 0.3) is 6.08 Å². The zero-order valence-corrected chi connectivity index (χ0v) is 5.98. The number of carbonyl (C=O) groups excluding carboxylic acids is 2. The third kappa shape index (κ3) is 3.99. The number of rotatable bonds is 3. The predicted octanol–water partition coefficient (Wildman–Crippen LogP) is -0.449. The summed E-state index contributed by atoms with van der Waals surface area (Å²) in [5, 5.41) is 0. The van der Waals surface area contributed by atoms with Crippen LogP contribution in [-0.4, -0.2) is 20.6 Å². The molecule has 6 nitrogen and oxygen atoms in total. The Balaban J connectivity index is 4.44. The van der Waals surface area contributed by atoms with Gasteiger partial charge in [-0.2, -0.15) is 8.42 Å². The topological polar surface area (TPSA) is 93.0 Å². The normalized spacial score (nSPS) is 9.20. The first-order valence-electron chi connectivity index (χ1n) is 1.72. The maximum Gasteiger partial charge on any atom is 0.339 e. The van der Waals surface area contributed by atoms with Gasteiger partial charge in [-0.05, 0) is 0 Å². The molecule has 0 radical (unpaired) electrons. The molecule has 0 heterocycles. The highest BCUT2D eigenvalue weighted by molar-refractivity contribution is 8.71. The van der Waals surface area contributed by atoms with Crippen molar-refractivity contribution in [3.05, 3.63) is 0 Å². The van der Waals surface area contributed by atoms with E-state index in [9.17, 15) is 18.0 Å². The standard InChI is InChI=1S/C2N2O4S2/c5-1-3-9-10(7,8)4-2-6. The Kier molecular flexibility index (Phi) is 3.60. The van der Waals surface area contributed by atoms with E-state index in [1.807, 2.05) is 0 Å². The lowest BCUT2D eigenvalue weighted by Crippen LogP contribution is -1.83. The van der Waals surface area contributed by atoms with Crippen LogP contribution in [0.15, 0.2) is 8.80 Å². The van der Waals surface area contributed by atoms with E-state index in [0.717, 1.165) is 12.2 Å². The summed E-state index contributed by atoms with van der Waals surface area (Å²) in [5.74, 6) is 0. The van der Waals surface area contributed by atoms with Crippen LogP contribution in [0.4, 0.5) is 0 Å². The fraction of sp³-hybridized carbons (Fsp3) is 0. The zero-order valence-electron chi connectivity index (χ0n) is 4.34. The number of isocyanates is 2. The van der Waals surface area contributed by atoms with E-state index in [1.165, 1.54) is 0 Å². The second kappa shape index (κ2) is 3.97. The van der Waals surface area contributed by atoms with Crippen LogP contribution in [0.1, 0.15) is 0 Å². The predicted molar refractivity (Wildman–Crippen MR) is 32.8 cm³/mol. The third-order valence-electron chi connectivity index (χ3n) is 0.318. The summed E-state index contributed by atoms with van der Waals surface area (Å²) in [4.78, 5) is 18.7. The minimum atomic E-state index is -4.00. The van der Waals surface area contributed by atoms with E-state index in [1.54, 1.807) is 0 Å². The van der Waals surface area contributed by atoms with Crippen molar-refractivity contribution in [2.24, 2.45) is 8.80 Å². The Labute approximate surface area is 59.6 Å². The van der Waals surface area contributed by atoms with E-state index in [2.05, 4.69) is 8.80 Å². The summed E-state index contributed by atoms with van der Waals surface area (Å²) in [6.45, 7) is 0. The highest BCUT2D eigenvalue weighted by Crippen LogP contribution is 2.12. The average molecular weight is 180 g/mol. The number of hydrogen-bond acceptors (Lipinski definition) is 6. The van der Waals surface area contributed by atoms with Crippen molar-refractivity contribution in [3.8, 4) is 0 Å². The van der Waals surface area contributed by atoms with Crippen LogP contribution in [0.25, 0.3) is 0 Å². The summed E-state index contributed by atoms with van der Waals surface area (Å²) in [5.41, 5.74) is 0. The molecule has 0 bridgehead atoms. The molecule has 0 N–H and O–H groups in total. The lowest BCUT2D eigenvalue weighted by molar-refractivity contribution is 0.564. The van der Waals surface area contributed by atoms with Crippen LogP contribution < -0.4 is 0 Å². The summed E-state index contributed by atoms with van der Waals surface area (Å²) in [6.07, 6.45) is 1.74. The maximum absolute atomic E-state index is 10.3. The fourth-order valence-corrected chi connectivity index (χ4v) is 0.939. The smallest absolute Gasteiger partial charge is 0.210 e. The first kappa shape index (κ1) is 9.06. The molecule has 0 amide bonds. The lowest BCUT2D eigenvalue weighted by Gasteiger charge is -1.79. The van der Waals surface area contributed by atoms with Crippen molar-refractivity contribution in [1.82, 2.24) is 0 Å².